The molecule has 4 rings (SSSR count). The first kappa shape index (κ1) is 22.8. The number of benzene rings is 2. The van der Waals surface area contributed by atoms with Crippen molar-refractivity contribution < 1.29 is 29.0 Å². The van der Waals surface area contributed by atoms with Crippen molar-refractivity contribution in [2.75, 3.05) is 33.4 Å². The number of aliphatic carboxylic acids is 1. The summed E-state index contributed by atoms with van der Waals surface area (Å²) in [4.78, 5) is 38.0. The van der Waals surface area contributed by atoms with Crippen LogP contribution in [0.3, 0.4) is 0 Å². The van der Waals surface area contributed by atoms with Crippen LogP contribution in [0.4, 0.5) is 4.79 Å². The van der Waals surface area contributed by atoms with Gasteiger partial charge in [0.05, 0.1) is 5.92 Å². The fourth-order valence-electron chi connectivity index (χ4n) is 4.51. The number of alkyl carbamates (subject to hydrolysis) is 1. The Bertz CT molecular complexity index is 988. The lowest BCUT2D eigenvalue weighted by Gasteiger charge is -2.38. The number of hydrogen-bond acceptors (Lipinski definition) is 5. The van der Waals surface area contributed by atoms with Gasteiger partial charge < -0.3 is 24.8 Å². The zero-order chi connectivity index (χ0) is 23.4. The van der Waals surface area contributed by atoms with E-state index in [-0.39, 0.29) is 31.5 Å². The van der Waals surface area contributed by atoms with Gasteiger partial charge in [-0.3, -0.25) is 9.59 Å². The standard InChI is InChI=1S/C25H28N2O6/c1-32-12-6-11-22(23(28)27-13-16(14-27)24(29)30)26-25(31)33-15-21-19-9-4-2-7-17(19)18-8-3-5-10-20(18)21/h2-5,7-10,16,21-22H,6,11-15H2,1H3,(H,26,31)(H,29,30). The predicted octanol–water partition coefficient (Wildman–Crippen LogP) is 2.86. The molecule has 0 bridgehead atoms. The third-order valence-electron chi connectivity index (χ3n) is 6.32. The van der Waals surface area contributed by atoms with Gasteiger partial charge in [0.15, 0.2) is 0 Å². The Balaban J connectivity index is 1.38. The number of hydrogen-bond donors (Lipinski definition) is 2. The molecule has 33 heavy (non-hydrogen) atoms. The Morgan fingerprint density at radius 2 is 1.67 bits per heavy atom. The zero-order valence-electron chi connectivity index (χ0n) is 18.5. The Morgan fingerprint density at radius 3 is 2.24 bits per heavy atom. The molecule has 2 aromatic carbocycles. The number of amides is 2. The van der Waals surface area contributed by atoms with E-state index in [1.54, 1.807) is 7.11 Å². The Labute approximate surface area is 192 Å². The highest BCUT2D eigenvalue weighted by atomic mass is 16.5. The van der Waals surface area contributed by atoms with Crippen molar-refractivity contribution >= 4 is 18.0 Å². The first-order valence-electron chi connectivity index (χ1n) is 11.1. The molecule has 1 aliphatic carbocycles. The van der Waals surface area contributed by atoms with E-state index in [9.17, 15) is 14.4 Å². The van der Waals surface area contributed by atoms with Crippen molar-refractivity contribution in [3.05, 3.63) is 59.7 Å². The summed E-state index contributed by atoms with van der Waals surface area (Å²) in [5.74, 6) is -1.84. The first-order valence-corrected chi connectivity index (χ1v) is 11.1. The average Bonchev–Trinajstić information content (AvgIpc) is 3.09. The SMILES string of the molecule is COCCCC(NC(=O)OCC1c2ccccc2-c2ccccc21)C(=O)N1CC(C(=O)O)C1. The van der Waals surface area contributed by atoms with E-state index >= 15 is 0 Å². The molecule has 0 saturated carbocycles. The van der Waals surface area contributed by atoms with E-state index in [0.29, 0.717) is 19.4 Å². The Morgan fingerprint density at radius 1 is 1.06 bits per heavy atom. The molecule has 1 atom stereocenters. The van der Waals surface area contributed by atoms with E-state index in [4.69, 9.17) is 14.6 Å². The molecule has 8 heteroatoms. The summed E-state index contributed by atoms with van der Waals surface area (Å²) in [6.45, 7) is 0.917. The van der Waals surface area contributed by atoms with Gasteiger partial charge in [0.1, 0.15) is 12.6 Å². The number of carbonyl (C=O) groups excluding carboxylic acids is 2. The molecule has 1 unspecified atom stereocenters. The van der Waals surface area contributed by atoms with Gasteiger partial charge in [-0.25, -0.2) is 4.79 Å². The first-order chi connectivity index (χ1) is 16.0. The lowest BCUT2D eigenvalue weighted by atomic mass is 9.98. The molecule has 1 heterocycles. The summed E-state index contributed by atoms with van der Waals surface area (Å²) < 4.78 is 10.6. The van der Waals surface area contributed by atoms with Crippen LogP contribution in [-0.2, 0) is 19.1 Å². The van der Waals surface area contributed by atoms with E-state index in [0.717, 1.165) is 22.3 Å². The number of nitrogens with one attached hydrogen (secondary N) is 1. The quantitative estimate of drug-likeness (QED) is 0.567. The van der Waals surface area contributed by atoms with Crippen molar-refractivity contribution in [2.45, 2.75) is 24.8 Å². The highest BCUT2D eigenvalue weighted by Crippen LogP contribution is 2.44. The molecule has 1 fully saturated rings. The lowest BCUT2D eigenvalue weighted by molar-refractivity contribution is -0.153. The smallest absolute Gasteiger partial charge is 0.407 e. The minimum Gasteiger partial charge on any atom is -0.481 e. The molecule has 0 spiro atoms. The van der Waals surface area contributed by atoms with Crippen LogP contribution >= 0.6 is 0 Å². The molecule has 2 aliphatic rings. The number of fused-ring (bicyclic) bond motifs is 3. The average molecular weight is 453 g/mol. The maximum atomic E-state index is 12.8. The normalized spacial score (nSPS) is 15.8. The number of carbonyl (C=O) groups is 3. The van der Waals surface area contributed by atoms with Gasteiger partial charge in [0.2, 0.25) is 5.91 Å². The van der Waals surface area contributed by atoms with Crippen LogP contribution in [0.25, 0.3) is 11.1 Å². The second-order valence-corrected chi connectivity index (χ2v) is 8.44. The Hall–Kier alpha value is -3.39. The van der Waals surface area contributed by atoms with Gasteiger partial charge in [-0.05, 0) is 35.1 Å². The number of rotatable bonds is 9. The maximum Gasteiger partial charge on any atom is 0.407 e. The van der Waals surface area contributed by atoms with E-state index in [1.165, 1.54) is 4.90 Å². The molecule has 2 N–H and O–H groups in total. The Kier molecular flexibility index (Phi) is 6.93. The number of carboxylic acid groups (broad SMARTS) is 1. The number of methoxy groups -OCH3 is 1. The van der Waals surface area contributed by atoms with Gasteiger partial charge >= 0.3 is 12.1 Å². The summed E-state index contributed by atoms with van der Waals surface area (Å²) in [5.41, 5.74) is 4.50. The van der Waals surface area contributed by atoms with Crippen LogP contribution in [0.5, 0.6) is 0 Å². The summed E-state index contributed by atoms with van der Waals surface area (Å²) in [6.07, 6.45) is 0.292. The number of nitrogens with zero attached hydrogens (tertiary/aromatic N) is 1. The number of likely N-dealkylation sites (tertiary alicyclic amines) is 1. The number of ether oxygens (including phenoxy) is 2. The molecule has 2 aromatic rings. The zero-order valence-corrected chi connectivity index (χ0v) is 18.5. The third kappa shape index (κ3) is 4.85. The number of carboxylic acids is 1. The second kappa shape index (κ2) is 10.0. The summed E-state index contributed by atoms with van der Waals surface area (Å²) in [5, 5.41) is 11.7. The van der Waals surface area contributed by atoms with E-state index in [2.05, 4.69) is 17.4 Å². The van der Waals surface area contributed by atoms with Crippen molar-refractivity contribution in [1.29, 1.82) is 0 Å². The second-order valence-electron chi connectivity index (χ2n) is 8.44. The fourth-order valence-corrected chi connectivity index (χ4v) is 4.51. The molecular weight excluding hydrogens is 424 g/mol. The largest absolute Gasteiger partial charge is 0.481 e. The molecule has 0 radical (unpaired) electrons. The predicted molar refractivity (Wildman–Crippen MR) is 121 cm³/mol. The molecule has 1 saturated heterocycles. The van der Waals surface area contributed by atoms with Crippen LogP contribution < -0.4 is 5.32 Å². The van der Waals surface area contributed by atoms with Crippen LogP contribution in [0.1, 0.15) is 29.9 Å². The van der Waals surface area contributed by atoms with Crippen LogP contribution in [-0.4, -0.2) is 67.4 Å². The third-order valence-corrected chi connectivity index (χ3v) is 6.32. The van der Waals surface area contributed by atoms with Crippen molar-refractivity contribution in [3.8, 4) is 11.1 Å². The van der Waals surface area contributed by atoms with Crippen molar-refractivity contribution in [2.24, 2.45) is 5.92 Å². The molecule has 0 aromatic heterocycles. The molecule has 174 valence electrons. The summed E-state index contributed by atoms with van der Waals surface area (Å²) in [6, 6.07) is 15.4. The van der Waals surface area contributed by atoms with Crippen LogP contribution in [0, 0.1) is 5.92 Å². The van der Waals surface area contributed by atoms with Crippen molar-refractivity contribution in [1.82, 2.24) is 10.2 Å². The maximum absolute atomic E-state index is 12.8. The van der Waals surface area contributed by atoms with Gasteiger partial charge in [-0.1, -0.05) is 48.5 Å². The van der Waals surface area contributed by atoms with E-state index < -0.39 is 24.0 Å². The molecular formula is C25H28N2O6. The topological polar surface area (TPSA) is 105 Å². The van der Waals surface area contributed by atoms with Gasteiger partial charge in [0.25, 0.3) is 0 Å². The summed E-state index contributed by atoms with van der Waals surface area (Å²) >= 11 is 0. The molecule has 1 aliphatic heterocycles. The minimum atomic E-state index is -0.917. The van der Waals surface area contributed by atoms with Crippen LogP contribution in [0.2, 0.25) is 0 Å². The van der Waals surface area contributed by atoms with Gasteiger partial charge in [-0.2, -0.15) is 0 Å². The van der Waals surface area contributed by atoms with Gasteiger partial charge in [0, 0.05) is 32.7 Å². The summed E-state index contributed by atoms with van der Waals surface area (Å²) in [7, 11) is 1.57. The van der Waals surface area contributed by atoms with Crippen LogP contribution in [0.15, 0.2) is 48.5 Å². The highest BCUT2D eigenvalue weighted by Gasteiger charge is 2.39. The molecule has 2 amide bonds. The fraction of sp³-hybridized carbons (Fsp3) is 0.400. The minimum absolute atomic E-state index is 0.0718. The highest BCUT2D eigenvalue weighted by molar-refractivity contribution is 5.88. The molecule has 8 nitrogen and oxygen atoms in total. The monoisotopic (exact) mass is 452 g/mol. The van der Waals surface area contributed by atoms with E-state index in [1.807, 2.05) is 36.4 Å². The van der Waals surface area contributed by atoms with Gasteiger partial charge in [-0.15, -0.1) is 0 Å². The lowest BCUT2D eigenvalue weighted by Crippen LogP contribution is -2.58. The van der Waals surface area contributed by atoms with Crippen molar-refractivity contribution in [3.63, 3.8) is 0 Å².